The van der Waals surface area contributed by atoms with Crippen LogP contribution in [0, 0.1) is 5.92 Å². The Morgan fingerprint density at radius 1 is 0.745 bits per heavy atom. The molecule has 5 amide bonds. The summed E-state index contributed by atoms with van der Waals surface area (Å²) in [6.07, 6.45) is 1.53. The quantitative estimate of drug-likeness (QED) is 0.0620. The number of amides is 5. The van der Waals surface area contributed by atoms with Crippen molar-refractivity contribution in [2.75, 3.05) is 57.9 Å². The maximum atomic E-state index is 13.1. The highest BCUT2D eigenvalue weighted by Gasteiger charge is 2.34. The summed E-state index contributed by atoms with van der Waals surface area (Å²) in [4.78, 5) is 72.9. The van der Waals surface area contributed by atoms with Crippen molar-refractivity contribution in [2.45, 2.75) is 64.1 Å². The molecule has 18 heteroatoms. The minimum atomic E-state index is -1.42. The van der Waals surface area contributed by atoms with E-state index in [2.05, 4.69) is 26.6 Å². The summed E-state index contributed by atoms with van der Waals surface area (Å²) < 4.78 is 16.0. The third-order valence-electron chi connectivity index (χ3n) is 8.48. The Kier molecular flexibility index (Phi) is 20.8. The summed E-state index contributed by atoms with van der Waals surface area (Å²) in [6.45, 7) is 5.09. The molecule has 0 saturated heterocycles. The van der Waals surface area contributed by atoms with Crippen molar-refractivity contribution in [2.24, 2.45) is 17.4 Å². The zero-order chi connectivity index (χ0) is 40.6. The molecule has 1 unspecified atom stereocenters. The highest BCUT2D eigenvalue weighted by atomic mass is 16.5. The van der Waals surface area contributed by atoms with Crippen molar-refractivity contribution < 1.29 is 53.2 Å². The van der Waals surface area contributed by atoms with Gasteiger partial charge in [-0.25, -0.2) is 9.59 Å². The molecule has 2 aromatic rings. The smallest absolute Gasteiger partial charge is 0.407 e. The second kappa shape index (κ2) is 24.9. The Hall–Kier alpha value is -5.30. The largest absolute Gasteiger partial charge is 0.480 e. The van der Waals surface area contributed by atoms with E-state index in [0.29, 0.717) is 25.7 Å². The monoisotopic (exact) mass is 773 g/mol. The van der Waals surface area contributed by atoms with Gasteiger partial charge < -0.3 is 62.5 Å². The van der Waals surface area contributed by atoms with E-state index in [4.69, 9.17) is 30.8 Å². The van der Waals surface area contributed by atoms with Gasteiger partial charge in [0.1, 0.15) is 18.2 Å². The van der Waals surface area contributed by atoms with Crippen LogP contribution in [0.2, 0.25) is 0 Å². The molecule has 55 heavy (non-hydrogen) atoms. The van der Waals surface area contributed by atoms with Crippen molar-refractivity contribution in [1.82, 2.24) is 21.3 Å². The zero-order valence-electron chi connectivity index (χ0n) is 31.4. The first-order valence-electron chi connectivity index (χ1n) is 18.1. The van der Waals surface area contributed by atoms with E-state index >= 15 is 0 Å². The van der Waals surface area contributed by atoms with E-state index in [-0.39, 0.29) is 88.4 Å². The number of carbonyl (C=O) groups is 6. The van der Waals surface area contributed by atoms with Crippen LogP contribution in [0.4, 0.5) is 15.3 Å². The SMILES string of the molecule is CC(CCCNC(=O)c1cc(NC(=O)NCCOCCOCCNC(=O)OCc2ccccc2)cc(C(=O)NCCCC[C@H](N)C(=O)O)c1)[C@](C)(N)C(=O)O. The molecule has 0 heterocycles. The van der Waals surface area contributed by atoms with Gasteiger partial charge in [-0.1, -0.05) is 37.3 Å². The predicted octanol–water partition coefficient (Wildman–Crippen LogP) is 2.03. The van der Waals surface area contributed by atoms with Gasteiger partial charge in [-0.05, 0) is 68.7 Å². The zero-order valence-corrected chi connectivity index (χ0v) is 31.4. The number of hydrogen-bond acceptors (Lipinski definition) is 11. The normalized spacial score (nSPS) is 13.0. The lowest BCUT2D eigenvalue weighted by Gasteiger charge is -2.27. The molecule has 0 bridgehead atoms. The van der Waals surface area contributed by atoms with Crippen LogP contribution in [-0.4, -0.2) is 110 Å². The first kappa shape index (κ1) is 45.9. The van der Waals surface area contributed by atoms with Gasteiger partial charge >= 0.3 is 24.1 Å². The molecular weight excluding hydrogens is 718 g/mol. The van der Waals surface area contributed by atoms with Crippen LogP contribution in [0.5, 0.6) is 0 Å². The highest BCUT2D eigenvalue weighted by molar-refractivity contribution is 6.02. The number of unbranched alkanes of at least 4 members (excludes halogenated alkanes) is 1. The summed E-state index contributed by atoms with van der Waals surface area (Å²) >= 11 is 0. The number of carboxylic acid groups (broad SMARTS) is 2. The summed E-state index contributed by atoms with van der Waals surface area (Å²) in [5.41, 5.74) is 11.2. The number of benzene rings is 2. The summed E-state index contributed by atoms with van der Waals surface area (Å²) in [7, 11) is 0. The molecule has 11 N–H and O–H groups in total. The molecule has 0 radical (unpaired) electrons. The topological polar surface area (TPSA) is 283 Å². The molecule has 0 aliphatic heterocycles. The first-order valence-corrected chi connectivity index (χ1v) is 18.1. The van der Waals surface area contributed by atoms with Gasteiger partial charge in [0.25, 0.3) is 11.8 Å². The number of aliphatic carboxylic acids is 2. The minimum absolute atomic E-state index is 0.0974. The summed E-state index contributed by atoms with van der Waals surface area (Å²) in [6, 6.07) is 11.9. The van der Waals surface area contributed by atoms with Crippen molar-refractivity contribution in [3.8, 4) is 0 Å². The number of rotatable bonds is 26. The standard InChI is InChI=1S/C37H55N7O11/c1-25(37(2,39)34(49)50)9-8-14-41-32(46)28-21-27(31(45)40-13-7-6-12-30(38)33(47)48)22-29(23-28)44-35(51)42-15-17-53-19-20-54-18-16-43-36(52)55-24-26-10-4-3-5-11-26/h3-5,10-11,21-23,25,30H,6-9,12-20,24,38-39H2,1-2H3,(H,40,45)(H,41,46)(H,43,52)(H,47,48)(H,49,50)(H2,42,44,51)/t25?,30-,37-/m0/s1. The van der Waals surface area contributed by atoms with Gasteiger partial charge in [0.05, 0.1) is 26.4 Å². The fourth-order valence-electron chi connectivity index (χ4n) is 4.83. The van der Waals surface area contributed by atoms with Crippen molar-refractivity contribution in [3.63, 3.8) is 0 Å². The number of ether oxygens (including phenoxy) is 3. The number of nitrogens with one attached hydrogen (secondary N) is 5. The number of carboxylic acids is 2. The number of anilines is 1. The molecule has 304 valence electrons. The van der Waals surface area contributed by atoms with Crippen molar-refractivity contribution in [1.29, 1.82) is 0 Å². The van der Waals surface area contributed by atoms with Gasteiger partial charge in [0.15, 0.2) is 0 Å². The van der Waals surface area contributed by atoms with Gasteiger partial charge in [-0.15, -0.1) is 0 Å². The molecule has 0 fully saturated rings. The Bertz CT molecular complexity index is 1540. The lowest BCUT2D eigenvalue weighted by atomic mass is 9.85. The van der Waals surface area contributed by atoms with Crippen LogP contribution in [0.15, 0.2) is 48.5 Å². The Morgan fingerprint density at radius 3 is 1.91 bits per heavy atom. The lowest BCUT2D eigenvalue weighted by molar-refractivity contribution is -0.144. The minimum Gasteiger partial charge on any atom is -0.480 e. The van der Waals surface area contributed by atoms with Gasteiger partial charge in [-0.2, -0.15) is 0 Å². The average Bonchev–Trinajstić information content (AvgIpc) is 3.15. The Morgan fingerprint density at radius 2 is 1.33 bits per heavy atom. The molecule has 0 aromatic heterocycles. The maximum absolute atomic E-state index is 13.1. The third kappa shape index (κ3) is 18.5. The van der Waals surface area contributed by atoms with E-state index in [0.717, 1.165) is 5.56 Å². The number of alkyl carbamates (subject to hydrolysis) is 1. The fourth-order valence-corrected chi connectivity index (χ4v) is 4.83. The van der Waals surface area contributed by atoms with E-state index < -0.39 is 47.5 Å². The van der Waals surface area contributed by atoms with Crippen LogP contribution in [0.25, 0.3) is 0 Å². The molecule has 0 spiro atoms. The fraction of sp³-hybridized carbons (Fsp3) is 0.514. The number of carbonyl (C=O) groups excluding carboxylic acids is 4. The van der Waals surface area contributed by atoms with E-state index in [1.165, 1.54) is 25.1 Å². The van der Waals surface area contributed by atoms with Crippen molar-refractivity contribution >= 4 is 41.6 Å². The van der Waals surface area contributed by atoms with E-state index in [1.807, 2.05) is 30.3 Å². The maximum Gasteiger partial charge on any atom is 0.407 e. The van der Waals surface area contributed by atoms with E-state index in [1.54, 1.807) is 6.92 Å². The predicted molar refractivity (Wildman–Crippen MR) is 202 cm³/mol. The average molecular weight is 774 g/mol. The number of nitrogens with two attached hydrogens (primary N) is 2. The van der Waals surface area contributed by atoms with Gasteiger partial charge in [0.2, 0.25) is 0 Å². The molecule has 0 aliphatic rings. The number of urea groups is 1. The van der Waals surface area contributed by atoms with Crippen molar-refractivity contribution in [3.05, 3.63) is 65.2 Å². The molecule has 0 aliphatic carbocycles. The van der Waals surface area contributed by atoms with Crippen LogP contribution in [0.1, 0.15) is 72.2 Å². The number of hydrogen-bond donors (Lipinski definition) is 9. The van der Waals surface area contributed by atoms with Crippen LogP contribution < -0.4 is 38.1 Å². The molecule has 3 atom stereocenters. The van der Waals surface area contributed by atoms with E-state index in [9.17, 15) is 33.9 Å². The Labute approximate surface area is 320 Å². The lowest BCUT2D eigenvalue weighted by Crippen LogP contribution is -2.50. The van der Waals surface area contributed by atoms with Gasteiger partial charge in [-0.3, -0.25) is 19.2 Å². The summed E-state index contributed by atoms with van der Waals surface area (Å²) in [5, 5.41) is 31.6. The molecule has 2 aromatic carbocycles. The van der Waals surface area contributed by atoms with Crippen LogP contribution in [0.3, 0.4) is 0 Å². The van der Waals surface area contributed by atoms with Gasteiger partial charge in [0, 0.05) is 43.0 Å². The second-order valence-electron chi connectivity index (χ2n) is 13.0. The first-order chi connectivity index (χ1) is 26.2. The molecule has 0 saturated carbocycles. The molecular formula is C37H55N7O11. The van der Waals surface area contributed by atoms with Crippen LogP contribution in [-0.2, 0) is 30.4 Å². The third-order valence-corrected chi connectivity index (χ3v) is 8.48. The second-order valence-corrected chi connectivity index (χ2v) is 13.0. The Balaban J connectivity index is 1.80. The summed E-state index contributed by atoms with van der Waals surface area (Å²) in [5.74, 6) is -3.61. The molecule has 2 rings (SSSR count). The molecule has 18 nitrogen and oxygen atoms in total. The van der Waals surface area contributed by atoms with Crippen LogP contribution >= 0.6 is 0 Å². The highest BCUT2D eigenvalue weighted by Crippen LogP contribution is 2.20.